The molecule has 1 aromatic rings. The molecule has 7 heteroatoms. The lowest BCUT2D eigenvalue weighted by Gasteiger charge is -2.02. The van der Waals surface area contributed by atoms with Crippen molar-refractivity contribution in [2.75, 3.05) is 11.5 Å². The van der Waals surface area contributed by atoms with Crippen molar-refractivity contribution in [3.8, 4) is 0 Å². The van der Waals surface area contributed by atoms with Gasteiger partial charge in [0.25, 0.3) is 0 Å². The highest BCUT2D eigenvalue weighted by Crippen LogP contribution is 2.11. The van der Waals surface area contributed by atoms with Gasteiger partial charge < -0.3 is 5.73 Å². The lowest BCUT2D eigenvalue weighted by atomic mass is 10.4. The van der Waals surface area contributed by atoms with E-state index in [9.17, 15) is 8.42 Å². The summed E-state index contributed by atoms with van der Waals surface area (Å²) in [4.78, 5) is 0.314. The zero-order valence-corrected chi connectivity index (χ0v) is 11.8. The predicted molar refractivity (Wildman–Crippen MR) is 73.2 cm³/mol. The van der Waals surface area contributed by atoms with Gasteiger partial charge in [-0.3, -0.25) is 5.41 Å². The lowest BCUT2D eigenvalue weighted by molar-refractivity contribution is 0.597. The molecule has 3 N–H and O–H groups in total. The Morgan fingerprint density at radius 1 is 1.31 bits per heavy atom. The Labute approximate surface area is 110 Å². The van der Waals surface area contributed by atoms with Crippen LogP contribution in [0.5, 0.6) is 0 Å². The summed E-state index contributed by atoms with van der Waals surface area (Å²) in [7, 11) is -3.23. The summed E-state index contributed by atoms with van der Waals surface area (Å²) in [6.07, 6.45) is 0. The van der Waals surface area contributed by atoms with Crippen molar-refractivity contribution < 1.29 is 8.42 Å². The first kappa shape index (κ1) is 15.5. The third kappa shape index (κ3) is 5.00. The van der Waals surface area contributed by atoms with Gasteiger partial charge in [0.05, 0.1) is 10.6 Å². The summed E-state index contributed by atoms with van der Waals surface area (Å²) < 4.78 is 23.4. The topological polar surface area (TPSA) is 84.0 Å². The largest absolute Gasteiger partial charge is 0.379 e. The highest BCUT2D eigenvalue weighted by atomic mass is 79.9. The summed E-state index contributed by atoms with van der Waals surface area (Å²) in [6, 6.07) is 8.26. The fourth-order valence-corrected chi connectivity index (χ4v) is 3.25. The molecule has 1 aromatic carbocycles. The SMILES string of the molecule is Br.N=C(N)SCCS(=O)(=O)c1ccccc1. The molecule has 90 valence electrons. The van der Waals surface area contributed by atoms with E-state index in [0.717, 1.165) is 11.8 Å². The van der Waals surface area contributed by atoms with Crippen molar-refractivity contribution in [3.63, 3.8) is 0 Å². The van der Waals surface area contributed by atoms with E-state index in [0.29, 0.717) is 10.6 Å². The third-order valence-electron chi connectivity index (χ3n) is 1.71. The number of hydrogen-bond donors (Lipinski definition) is 2. The second-order valence-corrected chi connectivity index (χ2v) is 6.09. The third-order valence-corrected chi connectivity index (χ3v) is 4.42. The second-order valence-electron chi connectivity index (χ2n) is 2.84. The minimum atomic E-state index is -3.23. The van der Waals surface area contributed by atoms with Crippen molar-refractivity contribution in [2.45, 2.75) is 4.90 Å². The maximum atomic E-state index is 11.7. The maximum Gasteiger partial charge on any atom is 0.179 e. The summed E-state index contributed by atoms with van der Waals surface area (Å²) in [6.45, 7) is 0. The van der Waals surface area contributed by atoms with Crippen LogP contribution in [0.15, 0.2) is 35.2 Å². The van der Waals surface area contributed by atoms with Gasteiger partial charge in [-0.2, -0.15) is 0 Å². The maximum absolute atomic E-state index is 11.7. The van der Waals surface area contributed by atoms with E-state index < -0.39 is 9.84 Å². The van der Waals surface area contributed by atoms with E-state index in [1.807, 2.05) is 0 Å². The van der Waals surface area contributed by atoms with E-state index >= 15 is 0 Å². The molecule has 0 bridgehead atoms. The summed E-state index contributed by atoms with van der Waals surface area (Å²) in [5.74, 6) is 0.313. The van der Waals surface area contributed by atoms with Gasteiger partial charge in [0.15, 0.2) is 15.0 Å². The number of hydrogen-bond acceptors (Lipinski definition) is 4. The van der Waals surface area contributed by atoms with Crippen LogP contribution in [0.3, 0.4) is 0 Å². The molecule has 1 rings (SSSR count). The highest BCUT2D eigenvalue weighted by molar-refractivity contribution is 8.93. The average molecular weight is 325 g/mol. The first-order valence-electron chi connectivity index (χ1n) is 4.27. The molecule has 16 heavy (non-hydrogen) atoms. The van der Waals surface area contributed by atoms with Crippen LogP contribution in [0.2, 0.25) is 0 Å². The van der Waals surface area contributed by atoms with Crippen molar-refractivity contribution in [1.82, 2.24) is 0 Å². The zero-order valence-electron chi connectivity index (χ0n) is 8.42. The molecule has 0 saturated carbocycles. The molecule has 0 aliphatic rings. The number of amidine groups is 1. The molecule has 4 nitrogen and oxygen atoms in total. The fraction of sp³-hybridized carbons (Fsp3) is 0.222. The van der Waals surface area contributed by atoms with Gasteiger partial charge in [0, 0.05) is 5.75 Å². The Kier molecular flexibility index (Phi) is 6.70. The van der Waals surface area contributed by atoms with Crippen molar-refractivity contribution in [1.29, 1.82) is 5.41 Å². The molecule has 0 amide bonds. The van der Waals surface area contributed by atoms with Crippen LogP contribution in [0, 0.1) is 5.41 Å². The van der Waals surface area contributed by atoms with Gasteiger partial charge in [-0.15, -0.1) is 17.0 Å². The molecule has 0 heterocycles. The molecule has 0 aliphatic heterocycles. The van der Waals surface area contributed by atoms with E-state index in [4.69, 9.17) is 11.1 Å². The number of thioether (sulfide) groups is 1. The van der Waals surface area contributed by atoms with Crippen LogP contribution < -0.4 is 5.73 Å². The number of halogens is 1. The van der Waals surface area contributed by atoms with E-state index in [1.54, 1.807) is 30.3 Å². The Morgan fingerprint density at radius 2 is 1.88 bits per heavy atom. The summed E-state index contributed by atoms with van der Waals surface area (Å²) in [5, 5.41) is 6.90. The Morgan fingerprint density at radius 3 is 2.38 bits per heavy atom. The normalized spacial score (nSPS) is 10.5. The fourth-order valence-electron chi connectivity index (χ4n) is 1.01. The predicted octanol–water partition coefficient (Wildman–Crippen LogP) is 1.66. The zero-order chi connectivity index (χ0) is 11.3. The van der Waals surface area contributed by atoms with Gasteiger partial charge in [-0.05, 0) is 12.1 Å². The van der Waals surface area contributed by atoms with Gasteiger partial charge >= 0.3 is 0 Å². The molecule has 0 unspecified atom stereocenters. The minimum Gasteiger partial charge on any atom is -0.379 e. The molecule has 0 aliphatic carbocycles. The van der Waals surface area contributed by atoms with E-state index in [-0.39, 0.29) is 27.9 Å². The number of rotatable bonds is 4. The van der Waals surface area contributed by atoms with E-state index in [1.165, 1.54) is 0 Å². The van der Waals surface area contributed by atoms with Gasteiger partial charge in [0.2, 0.25) is 0 Å². The molecular formula is C9H13BrN2O2S2. The monoisotopic (exact) mass is 324 g/mol. The Bertz CT molecular complexity index is 434. The standard InChI is InChI=1S/C9H12N2O2S2.BrH/c10-9(11)14-6-7-15(12,13)8-4-2-1-3-5-8;/h1-5H,6-7H2,(H3,10,11);1H. The summed E-state index contributed by atoms with van der Waals surface area (Å²) >= 11 is 1.03. The molecular weight excluding hydrogens is 312 g/mol. The van der Waals surface area contributed by atoms with Gasteiger partial charge in [-0.25, -0.2) is 8.42 Å². The summed E-state index contributed by atoms with van der Waals surface area (Å²) in [5.41, 5.74) is 5.11. The molecule has 0 radical (unpaired) electrons. The molecule has 0 aromatic heterocycles. The smallest absolute Gasteiger partial charge is 0.179 e. The first-order valence-corrected chi connectivity index (χ1v) is 6.91. The number of benzene rings is 1. The minimum absolute atomic E-state index is 0. The lowest BCUT2D eigenvalue weighted by Crippen LogP contribution is -2.12. The van der Waals surface area contributed by atoms with Gasteiger partial charge in [0.1, 0.15) is 0 Å². The van der Waals surface area contributed by atoms with Crippen LogP contribution >= 0.6 is 28.7 Å². The molecule has 0 spiro atoms. The van der Waals surface area contributed by atoms with Crippen LogP contribution in [-0.2, 0) is 9.84 Å². The molecule has 0 saturated heterocycles. The number of nitrogens with one attached hydrogen (secondary N) is 1. The van der Waals surface area contributed by atoms with Crippen LogP contribution in [0.25, 0.3) is 0 Å². The van der Waals surface area contributed by atoms with Crippen LogP contribution in [-0.4, -0.2) is 25.1 Å². The quantitative estimate of drug-likeness (QED) is 0.651. The highest BCUT2D eigenvalue weighted by Gasteiger charge is 2.13. The van der Waals surface area contributed by atoms with Crippen molar-refractivity contribution in [3.05, 3.63) is 30.3 Å². The number of nitrogens with two attached hydrogens (primary N) is 1. The van der Waals surface area contributed by atoms with E-state index in [2.05, 4.69) is 0 Å². The first-order chi connectivity index (χ1) is 7.02. The average Bonchev–Trinajstić information content (AvgIpc) is 2.18. The van der Waals surface area contributed by atoms with Crippen molar-refractivity contribution in [2.24, 2.45) is 5.73 Å². The van der Waals surface area contributed by atoms with Crippen LogP contribution in [0.4, 0.5) is 0 Å². The van der Waals surface area contributed by atoms with Crippen LogP contribution in [0.1, 0.15) is 0 Å². The Balaban J connectivity index is 0.00000225. The van der Waals surface area contributed by atoms with Gasteiger partial charge in [-0.1, -0.05) is 30.0 Å². The second kappa shape index (κ2) is 6.93. The van der Waals surface area contributed by atoms with Crippen molar-refractivity contribution >= 4 is 43.7 Å². The molecule has 0 fully saturated rings. The molecule has 0 atom stereocenters. The Hall–Kier alpha value is -0.530. The number of sulfone groups is 1.